The molecule has 0 aliphatic heterocycles. The minimum absolute atomic E-state index is 0.0740. The lowest BCUT2D eigenvalue weighted by Crippen LogP contribution is -2.38. The molecule has 1 aromatic rings. The zero-order valence-corrected chi connectivity index (χ0v) is 12.7. The van der Waals surface area contributed by atoms with Crippen LogP contribution in [0.1, 0.15) is 19.4 Å². The van der Waals surface area contributed by atoms with Crippen molar-refractivity contribution in [3.05, 3.63) is 23.8 Å². The van der Waals surface area contributed by atoms with Gasteiger partial charge in [0.05, 0.1) is 19.8 Å². The number of carbonyl (C=O) groups is 1. The molecule has 1 amide bonds. The number of benzene rings is 1. The third-order valence-electron chi connectivity index (χ3n) is 2.67. The van der Waals surface area contributed by atoms with Crippen LogP contribution in [0.2, 0.25) is 0 Å². The van der Waals surface area contributed by atoms with Crippen LogP contribution in [0.3, 0.4) is 0 Å². The van der Waals surface area contributed by atoms with Crippen LogP contribution >= 0.6 is 0 Å². The highest BCUT2D eigenvalue weighted by atomic mass is 16.5. The van der Waals surface area contributed by atoms with Crippen LogP contribution in [0.25, 0.3) is 0 Å². The van der Waals surface area contributed by atoms with Crippen molar-refractivity contribution in [3.8, 4) is 11.5 Å². The summed E-state index contributed by atoms with van der Waals surface area (Å²) in [4.78, 5) is 11.7. The molecule has 0 saturated heterocycles. The molecule has 0 bridgehead atoms. The number of rotatable bonds is 9. The summed E-state index contributed by atoms with van der Waals surface area (Å²) in [7, 11) is 1.58. The quantitative estimate of drug-likeness (QED) is 0.714. The van der Waals surface area contributed by atoms with Crippen molar-refractivity contribution >= 4 is 5.91 Å². The molecule has 0 fully saturated rings. The number of hydrogen-bond acceptors (Lipinski definition) is 5. The van der Waals surface area contributed by atoms with E-state index < -0.39 is 0 Å². The minimum atomic E-state index is -0.228. The smallest absolute Gasteiger partial charge is 0.258 e. The normalized spacial score (nSPS) is 11.8. The van der Waals surface area contributed by atoms with E-state index >= 15 is 0 Å². The fourth-order valence-corrected chi connectivity index (χ4v) is 1.79. The van der Waals surface area contributed by atoms with Crippen LogP contribution in [-0.2, 0) is 16.1 Å². The second kappa shape index (κ2) is 9.20. The maximum atomic E-state index is 11.7. The Hall–Kier alpha value is -1.79. The Kier molecular flexibility index (Phi) is 7.56. The molecule has 0 aliphatic rings. The highest BCUT2D eigenvalue weighted by molar-refractivity contribution is 5.77. The topological polar surface area (TPSA) is 77.0 Å². The van der Waals surface area contributed by atoms with Crippen LogP contribution in [0.5, 0.6) is 11.5 Å². The molecule has 0 aliphatic carbocycles. The summed E-state index contributed by atoms with van der Waals surface area (Å²) in [5.41, 5.74) is 0.726. The fourth-order valence-electron chi connectivity index (χ4n) is 1.79. The van der Waals surface area contributed by atoms with E-state index in [9.17, 15) is 4.79 Å². The highest BCUT2D eigenvalue weighted by Gasteiger charge is 2.11. The molecule has 1 unspecified atom stereocenters. The fraction of sp³-hybridized carbons (Fsp3) is 0.533. The van der Waals surface area contributed by atoms with E-state index in [0.29, 0.717) is 24.7 Å². The molecule has 0 heterocycles. The number of hydrogen-bond donors (Lipinski definition) is 2. The van der Waals surface area contributed by atoms with Crippen LogP contribution in [-0.4, -0.2) is 44.0 Å². The van der Waals surface area contributed by atoms with Gasteiger partial charge in [-0.25, -0.2) is 0 Å². The van der Waals surface area contributed by atoms with Gasteiger partial charge in [-0.15, -0.1) is 0 Å². The maximum absolute atomic E-state index is 11.7. The zero-order valence-electron chi connectivity index (χ0n) is 12.7. The van der Waals surface area contributed by atoms with Crippen molar-refractivity contribution in [2.75, 3.05) is 26.9 Å². The molecule has 1 rings (SSSR count). The van der Waals surface area contributed by atoms with Crippen LogP contribution in [0, 0.1) is 0 Å². The summed E-state index contributed by atoms with van der Waals surface area (Å²) in [5, 5.41) is 11.9. The first-order valence-corrected chi connectivity index (χ1v) is 6.88. The second-order valence-corrected chi connectivity index (χ2v) is 4.58. The molecule has 6 heteroatoms. The van der Waals surface area contributed by atoms with Crippen molar-refractivity contribution in [2.24, 2.45) is 0 Å². The summed E-state index contributed by atoms with van der Waals surface area (Å²) in [6, 6.07) is 5.03. The average Bonchev–Trinajstić information content (AvgIpc) is 2.46. The molecule has 21 heavy (non-hydrogen) atoms. The van der Waals surface area contributed by atoms with Gasteiger partial charge in [0.15, 0.2) is 18.1 Å². The maximum Gasteiger partial charge on any atom is 0.258 e. The van der Waals surface area contributed by atoms with Gasteiger partial charge in [0.1, 0.15) is 0 Å². The van der Waals surface area contributed by atoms with E-state index in [1.165, 1.54) is 0 Å². The Morgan fingerprint density at radius 2 is 2.10 bits per heavy atom. The first-order chi connectivity index (χ1) is 10.1. The van der Waals surface area contributed by atoms with Gasteiger partial charge in [0, 0.05) is 13.2 Å². The lowest BCUT2D eigenvalue weighted by molar-refractivity contribution is -0.124. The Bertz CT molecular complexity index is 450. The van der Waals surface area contributed by atoms with Crippen molar-refractivity contribution in [2.45, 2.75) is 26.5 Å². The van der Waals surface area contributed by atoms with E-state index in [2.05, 4.69) is 5.32 Å². The predicted octanol–water partition coefficient (Wildman–Crippen LogP) is 1.11. The standard InChI is InChI=1S/C15H23NO5/c1-4-20-14-7-12(8-17)5-6-13(14)21-10-15(18)16-11(2)9-19-3/h5-7,11,17H,4,8-10H2,1-3H3,(H,16,18). The Balaban J connectivity index is 2.59. The van der Waals surface area contributed by atoms with E-state index in [1.54, 1.807) is 25.3 Å². The molecule has 1 atom stereocenters. The van der Waals surface area contributed by atoms with Crippen LogP contribution < -0.4 is 14.8 Å². The molecule has 0 spiro atoms. The number of aliphatic hydroxyl groups is 1. The Morgan fingerprint density at radius 3 is 2.71 bits per heavy atom. The third-order valence-corrected chi connectivity index (χ3v) is 2.67. The van der Waals surface area contributed by atoms with Gasteiger partial charge in [-0.1, -0.05) is 6.07 Å². The van der Waals surface area contributed by atoms with Gasteiger partial charge < -0.3 is 24.6 Å². The summed E-state index contributed by atoms with van der Waals surface area (Å²) < 4.78 is 15.9. The SMILES string of the molecule is CCOc1cc(CO)ccc1OCC(=O)NC(C)COC. The lowest BCUT2D eigenvalue weighted by atomic mass is 10.2. The Labute approximate surface area is 125 Å². The predicted molar refractivity (Wildman–Crippen MR) is 78.5 cm³/mol. The number of aliphatic hydroxyl groups excluding tert-OH is 1. The molecular weight excluding hydrogens is 274 g/mol. The summed E-state index contributed by atoms with van der Waals surface area (Å²) >= 11 is 0. The summed E-state index contributed by atoms with van der Waals surface area (Å²) in [6.07, 6.45) is 0. The van der Waals surface area contributed by atoms with E-state index in [0.717, 1.165) is 5.56 Å². The van der Waals surface area contributed by atoms with Crippen LogP contribution in [0.4, 0.5) is 0 Å². The van der Waals surface area contributed by atoms with Crippen LogP contribution in [0.15, 0.2) is 18.2 Å². The molecule has 6 nitrogen and oxygen atoms in total. The molecular formula is C15H23NO5. The van der Waals surface area contributed by atoms with Crippen molar-refractivity contribution in [1.82, 2.24) is 5.32 Å². The van der Waals surface area contributed by atoms with Gasteiger partial charge >= 0.3 is 0 Å². The van der Waals surface area contributed by atoms with E-state index in [1.807, 2.05) is 13.8 Å². The van der Waals surface area contributed by atoms with E-state index in [-0.39, 0.29) is 25.2 Å². The lowest BCUT2D eigenvalue weighted by Gasteiger charge is -2.15. The monoisotopic (exact) mass is 297 g/mol. The molecule has 0 radical (unpaired) electrons. The molecule has 0 saturated carbocycles. The Morgan fingerprint density at radius 1 is 1.33 bits per heavy atom. The van der Waals surface area contributed by atoms with Gasteiger partial charge in [-0.05, 0) is 31.5 Å². The number of nitrogens with one attached hydrogen (secondary N) is 1. The van der Waals surface area contributed by atoms with Gasteiger partial charge in [0.25, 0.3) is 5.91 Å². The van der Waals surface area contributed by atoms with Crippen molar-refractivity contribution < 1.29 is 24.1 Å². The zero-order chi connectivity index (χ0) is 15.7. The minimum Gasteiger partial charge on any atom is -0.490 e. The number of carbonyl (C=O) groups excluding carboxylic acids is 1. The molecule has 0 aromatic heterocycles. The first-order valence-electron chi connectivity index (χ1n) is 6.88. The summed E-state index contributed by atoms with van der Waals surface area (Å²) in [6.45, 7) is 4.45. The van der Waals surface area contributed by atoms with Crippen molar-refractivity contribution in [1.29, 1.82) is 0 Å². The van der Waals surface area contributed by atoms with Crippen molar-refractivity contribution in [3.63, 3.8) is 0 Å². The van der Waals surface area contributed by atoms with Gasteiger partial charge in [0.2, 0.25) is 0 Å². The average molecular weight is 297 g/mol. The second-order valence-electron chi connectivity index (χ2n) is 4.58. The molecule has 118 valence electrons. The number of ether oxygens (including phenoxy) is 3. The highest BCUT2D eigenvalue weighted by Crippen LogP contribution is 2.28. The molecule has 1 aromatic carbocycles. The molecule has 2 N–H and O–H groups in total. The largest absolute Gasteiger partial charge is 0.490 e. The van der Waals surface area contributed by atoms with E-state index in [4.69, 9.17) is 19.3 Å². The first kappa shape index (κ1) is 17.3. The number of amides is 1. The summed E-state index contributed by atoms with van der Waals surface area (Å²) in [5.74, 6) is 0.763. The van der Waals surface area contributed by atoms with Gasteiger partial charge in [-0.3, -0.25) is 4.79 Å². The number of methoxy groups -OCH3 is 1. The van der Waals surface area contributed by atoms with Gasteiger partial charge in [-0.2, -0.15) is 0 Å². The third kappa shape index (κ3) is 6.01.